The summed E-state index contributed by atoms with van der Waals surface area (Å²) in [7, 11) is 4.77. The van der Waals surface area contributed by atoms with Crippen LogP contribution in [0.2, 0.25) is 5.02 Å². The Morgan fingerprint density at radius 3 is 2.05 bits per heavy atom. The van der Waals surface area contributed by atoms with Crippen LogP contribution in [-0.4, -0.2) is 21.3 Å². The van der Waals surface area contributed by atoms with E-state index in [1.54, 1.807) is 33.5 Å². The predicted octanol–water partition coefficient (Wildman–Crippen LogP) is 3.78. The van der Waals surface area contributed by atoms with Gasteiger partial charge in [-0.25, -0.2) is 0 Å². The second-order valence-corrected chi connectivity index (χ2v) is 5.81. The maximum Gasteiger partial charge on any atom is 0.131 e. The standard InChI is InChI=1S/C15H18ClNO3S/c1-8-7-21-15(13(8)16)14(17)12-10(19-3)5-9(18-2)6-11(12)20-4/h5-7,14H,17H2,1-4H3. The number of methoxy groups -OCH3 is 3. The molecule has 0 amide bonds. The third-order valence-corrected chi connectivity index (χ3v) is 5.07. The Bertz CT molecular complexity index is 617. The fraction of sp³-hybridized carbons (Fsp3) is 0.333. The van der Waals surface area contributed by atoms with Gasteiger partial charge in [0.05, 0.1) is 38.0 Å². The summed E-state index contributed by atoms with van der Waals surface area (Å²) < 4.78 is 16.1. The quantitative estimate of drug-likeness (QED) is 0.908. The summed E-state index contributed by atoms with van der Waals surface area (Å²) >= 11 is 7.86. The minimum atomic E-state index is -0.424. The third-order valence-electron chi connectivity index (χ3n) is 3.27. The number of aryl methyl sites for hydroxylation is 1. The summed E-state index contributed by atoms with van der Waals surface area (Å²) in [5, 5.41) is 2.67. The molecule has 0 radical (unpaired) electrons. The highest BCUT2D eigenvalue weighted by molar-refractivity contribution is 7.10. The van der Waals surface area contributed by atoms with Crippen LogP contribution in [0.25, 0.3) is 0 Å². The van der Waals surface area contributed by atoms with Gasteiger partial charge in [-0.15, -0.1) is 11.3 Å². The monoisotopic (exact) mass is 327 g/mol. The smallest absolute Gasteiger partial charge is 0.131 e. The summed E-state index contributed by atoms with van der Waals surface area (Å²) in [5.74, 6) is 1.87. The van der Waals surface area contributed by atoms with E-state index in [0.29, 0.717) is 22.3 Å². The van der Waals surface area contributed by atoms with Crippen molar-refractivity contribution >= 4 is 22.9 Å². The van der Waals surface area contributed by atoms with Crippen molar-refractivity contribution < 1.29 is 14.2 Å². The van der Waals surface area contributed by atoms with Crippen LogP contribution in [0.1, 0.15) is 22.0 Å². The summed E-state index contributed by atoms with van der Waals surface area (Å²) in [5.41, 5.74) is 8.17. The number of hydrogen-bond acceptors (Lipinski definition) is 5. The number of halogens is 1. The highest BCUT2D eigenvalue weighted by Crippen LogP contribution is 2.43. The van der Waals surface area contributed by atoms with Crippen molar-refractivity contribution in [3.05, 3.63) is 38.5 Å². The van der Waals surface area contributed by atoms with Gasteiger partial charge in [-0.1, -0.05) is 11.6 Å². The molecule has 0 aliphatic carbocycles. The van der Waals surface area contributed by atoms with Gasteiger partial charge in [0, 0.05) is 17.0 Å². The Kier molecular flexibility index (Phi) is 4.98. The zero-order chi connectivity index (χ0) is 15.6. The molecule has 0 aliphatic heterocycles. The number of rotatable bonds is 5. The van der Waals surface area contributed by atoms with Crippen molar-refractivity contribution in [3.63, 3.8) is 0 Å². The molecule has 0 spiro atoms. The van der Waals surface area contributed by atoms with Gasteiger partial charge in [-0.3, -0.25) is 0 Å². The molecule has 1 unspecified atom stereocenters. The van der Waals surface area contributed by atoms with Gasteiger partial charge in [-0.2, -0.15) is 0 Å². The van der Waals surface area contributed by atoms with Crippen LogP contribution in [0, 0.1) is 6.92 Å². The fourth-order valence-electron chi connectivity index (χ4n) is 2.13. The predicted molar refractivity (Wildman–Crippen MR) is 86.2 cm³/mol. The van der Waals surface area contributed by atoms with Crippen LogP contribution in [0.15, 0.2) is 17.5 Å². The van der Waals surface area contributed by atoms with E-state index in [-0.39, 0.29) is 0 Å². The Morgan fingerprint density at radius 1 is 1.10 bits per heavy atom. The molecule has 2 rings (SSSR count). The van der Waals surface area contributed by atoms with Gasteiger partial charge < -0.3 is 19.9 Å². The molecule has 21 heavy (non-hydrogen) atoms. The van der Waals surface area contributed by atoms with E-state index < -0.39 is 6.04 Å². The molecule has 2 N–H and O–H groups in total. The van der Waals surface area contributed by atoms with Gasteiger partial charge in [0.15, 0.2) is 0 Å². The first-order chi connectivity index (χ1) is 10.0. The zero-order valence-electron chi connectivity index (χ0n) is 12.4. The second-order valence-electron chi connectivity index (χ2n) is 4.52. The van der Waals surface area contributed by atoms with E-state index in [1.807, 2.05) is 12.3 Å². The molecule has 0 fully saturated rings. The average Bonchev–Trinajstić information content (AvgIpc) is 2.84. The van der Waals surface area contributed by atoms with E-state index in [9.17, 15) is 0 Å². The SMILES string of the molecule is COc1cc(OC)c(C(N)c2scc(C)c2Cl)c(OC)c1. The van der Waals surface area contributed by atoms with Crippen molar-refractivity contribution in [3.8, 4) is 17.2 Å². The van der Waals surface area contributed by atoms with Crippen molar-refractivity contribution in [2.45, 2.75) is 13.0 Å². The van der Waals surface area contributed by atoms with Crippen LogP contribution >= 0.6 is 22.9 Å². The molecule has 4 nitrogen and oxygen atoms in total. The van der Waals surface area contributed by atoms with Crippen molar-refractivity contribution in [1.82, 2.24) is 0 Å². The summed E-state index contributed by atoms with van der Waals surface area (Å²) in [6, 6.07) is 3.14. The lowest BCUT2D eigenvalue weighted by atomic mass is 10.0. The minimum absolute atomic E-state index is 0.424. The van der Waals surface area contributed by atoms with Gasteiger partial charge >= 0.3 is 0 Å². The first-order valence-electron chi connectivity index (χ1n) is 6.32. The zero-order valence-corrected chi connectivity index (χ0v) is 14.0. The molecule has 1 aromatic heterocycles. The summed E-state index contributed by atoms with van der Waals surface area (Å²) in [6.45, 7) is 1.96. The van der Waals surface area contributed by atoms with Crippen molar-refractivity contribution in [2.24, 2.45) is 5.73 Å². The Hall–Kier alpha value is -1.43. The topological polar surface area (TPSA) is 53.7 Å². The molecule has 1 atom stereocenters. The highest BCUT2D eigenvalue weighted by atomic mass is 35.5. The van der Waals surface area contributed by atoms with Gasteiger partial charge in [-0.05, 0) is 17.9 Å². The lowest BCUT2D eigenvalue weighted by Gasteiger charge is -2.19. The molecular weight excluding hydrogens is 310 g/mol. The number of hydrogen-bond donors (Lipinski definition) is 1. The van der Waals surface area contributed by atoms with E-state index in [0.717, 1.165) is 16.0 Å². The van der Waals surface area contributed by atoms with Crippen LogP contribution < -0.4 is 19.9 Å². The molecule has 0 aliphatic rings. The van der Waals surface area contributed by atoms with E-state index in [1.165, 1.54) is 11.3 Å². The Labute approximate surface area is 133 Å². The summed E-state index contributed by atoms with van der Waals surface area (Å²) in [6.07, 6.45) is 0. The van der Waals surface area contributed by atoms with Gasteiger partial charge in [0.25, 0.3) is 0 Å². The van der Waals surface area contributed by atoms with E-state index in [4.69, 9.17) is 31.5 Å². The largest absolute Gasteiger partial charge is 0.496 e. The van der Waals surface area contributed by atoms with Crippen LogP contribution in [0.4, 0.5) is 0 Å². The van der Waals surface area contributed by atoms with Crippen LogP contribution in [-0.2, 0) is 0 Å². The Morgan fingerprint density at radius 2 is 1.67 bits per heavy atom. The van der Waals surface area contributed by atoms with Crippen LogP contribution in [0.5, 0.6) is 17.2 Å². The lowest BCUT2D eigenvalue weighted by molar-refractivity contribution is 0.367. The maximum absolute atomic E-state index is 6.40. The molecule has 1 heterocycles. The minimum Gasteiger partial charge on any atom is -0.496 e. The maximum atomic E-state index is 6.40. The van der Waals surface area contributed by atoms with Gasteiger partial charge in [0.1, 0.15) is 17.2 Å². The third kappa shape index (κ3) is 2.95. The number of nitrogens with two attached hydrogens (primary N) is 1. The number of benzene rings is 1. The van der Waals surface area contributed by atoms with Crippen molar-refractivity contribution in [1.29, 1.82) is 0 Å². The molecule has 6 heteroatoms. The normalized spacial score (nSPS) is 12.1. The average molecular weight is 328 g/mol. The van der Waals surface area contributed by atoms with Gasteiger partial charge in [0.2, 0.25) is 0 Å². The summed E-state index contributed by atoms with van der Waals surface area (Å²) in [4.78, 5) is 0.885. The number of ether oxygens (including phenoxy) is 3. The molecule has 0 saturated heterocycles. The molecule has 1 aromatic carbocycles. The van der Waals surface area contributed by atoms with Crippen LogP contribution in [0.3, 0.4) is 0 Å². The van der Waals surface area contributed by atoms with E-state index >= 15 is 0 Å². The second kappa shape index (κ2) is 6.56. The van der Waals surface area contributed by atoms with Crippen molar-refractivity contribution in [2.75, 3.05) is 21.3 Å². The first-order valence-corrected chi connectivity index (χ1v) is 7.58. The number of thiophene rings is 1. The molecule has 0 saturated carbocycles. The first kappa shape index (κ1) is 15.9. The highest BCUT2D eigenvalue weighted by Gasteiger charge is 2.24. The lowest BCUT2D eigenvalue weighted by Crippen LogP contribution is -2.14. The molecule has 2 aromatic rings. The molecule has 0 bridgehead atoms. The molecular formula is C15H18ClNO3S. The molecule has 114 valence electrons. The van der Waals surface area contributed by atoms with E-state index in [2.05, 4.69) is 0 Å². The fourth-order valence-corrected chi connectivity index (χ4v) is 3.45. The Balaban J connectivity index is 2.58.